The van der Waals surface area contributed by atoms with E-state index in [-0.39, 0.29) is 5.91 Å². The molecule has 1 aliphatic heterocycles. The highest BCUT2D eigenvalue weighted by molar-refractivity contribution is 6.06. The van der Waals surface area contributed by atoms with Crippen molar-refractivity contribution in [3.8, 4) is 11.5 Å². The summed E-state index contributed by atoms with van der Waals surface area (Å²) in [5.41, 5.74) is 0.974. The Morgan fingerprint density at radius 2 is 1.89 bits per heavy atom. The number of hydrogen-bond donors (Lipinski definition) is 1. The van der Waals surface area contributed by atoms with Crippen LogP contribution in [-0.2, 0) is 4.74 Å². The second kappa shape index (κ2) is 8.75. The number of methoxy groups -OCH3 is 2. The summed E-state index contributed by atoms with van der Waals surface area (Å²) in [5.74, 6) is 2.02. The summed E-state index contributed by atoms with van der Waals surface area (Å²) in [6, 6.07) is 5.00. The Hall–Kier alpha value is -3.07. The Morgan fingerprint density at radius 3 is 2.54 bits per heavy atom. The van der Waals surface area contributed by atoms with Gasteiger partial charge in [0.15, 0.2) is 17.3 Å². The third-order valence-corrected chi connectivity index (χ3v) is 4.37. The van der Waals surface area contributed by atoms with Gasteiger partial charge in [-0.2, -0.15) is 4.98 Å². The number of morpholine rings is 1. The van der Waals surface area contributed by atoms with Gasteiger partial charge in [-0.3, -0.25) is 4.79 Å². The van der Waals surface area contributed by atoms with Crippen molar-refractivity contribution in [3.05, 3.63) is 30.0 Å². The van der Waals surface area contributed by atoms with E-state index < -0.39 is 0 Å². The van der Waals surface area contributed by atoms with Gasteiger partial charge < -0.3 is 29.3 Å². The molecule has 0 atom stereocenters. The third kappa shape index (κ3) is 4.25. The molecule has 0 saturated carbocycles. The van der Waals surface area contributed by atoms with Gasteiger partial charge in [0.1, 0.15) is 5.69 Å². The van der Waals surface area contributed by atoms with Crippen molar-refractivity contribution in [1.29, 1.82) is 0 Å². The van der Waals surface area contributed by atoms with E-state index in [1.54, 1.807) is 31.5 Å². The number of anilines is 3. The van der Waals surface area contributed by atoms with Crippen LogP contribution in [0.1, 0.15) is 10.4 Å². The molecule has 3 rings (SSSR count). The zero-order chi connectivity index (χ0) is 20.1. The zero-order valence-corrected chi connectivity index (χ0v) is 16.6. The quantitative estimate of drug-likeness (QED) is 0.800. The summed E-state index contributed by atoms with van der Waals surface area (Å²) >= 11 is 0. The molecule has 1 saturated heterocycles. The van der Waals surface area contributed by atoms with Gasteiger partial charge in [-0.15, -0.1) is 0 Å². The molecular weight excluding hydrogens is 362 g/mol. The maximum Gasteiger partial charge on any atom is 0.255 e. The number of ether oxygens (including phenoxy) is 3. The lowest BCUT2D eigenvalue weighted by atomic mass is 10.2. The minimum atomic E-state index is -0.285. The Kier molecular flexibility index (Phi) is 6.15. The minimum absolute atomic E-state index is 0.285. The summed E-state index contributed by atoms with van der Waals surface area (Å²) in [6.45, 7) is 2.78. The Bertz CT molecular complexity index is 837. The van der Waals surface area contributed by atoms with Gasteiger partial charge in [0.2, 0.25) is 5.95 Å². The van der Waals surface area contributed by atoms with E-state index in [2.05, 4.69) is 20.2 Å². The van der Waals surface area contributed by atoms with Crippen LogP contribution >= 0.6 is 0 Å². The summed E-state index contributed by atoms with van der Waals surface area (Å²) in [6.07, 6.45) is 1.63. The van der Waals surface area contributed by atoms with E-state index in [1.165, 1.54) is 7.11 Å². The first-order valence-corrected chi connectivity index (χ1v) is 8.94. The standard InChI is InChI=1S/C19H25N5O4/c1-23(2)17-14(12-20-19(22-17)24-7-9-28-10-8-24)21-18(25)13-5-6-15(26-3)16(11-13)27-4/h5-6,11-12H,7-10H2,1-4H3,(H,21,25). The van der Waals surface area contributed by atoms with Gasteiger partial charge in [0.05, 0.1) is 33.6 Å². The maximum atomic E-state index is 12.7. The topological polar surface area (TPSA) is 89.0 Å². The van der Waals surface area contributed by atoms with E-state index in [0.717, 1.165) is 13.1 Å². The first-order chi connectivity index (χ1) is 13.5. The van der Waals surface area contributed by atoms with Crippen LogP contribution in [0.2, 0.25) is 0 Å². The van der Waals surface area contributed by atoms with E-state index in [0.29, 0.717) is 47.7 Å². The first-order valence-electron chi connectivity index (χ1n) is 8.94. The van der Waals surface area contributed by atoms with Gasteiger partial charge in [-0.1, -0.05) is 0 Å². The summed E-state index contributed by atoms with van der Waals surface area (Å²) in [7, 11) is 6.82. The number of nitrogens with zero attached hydrogens (tertiary/aromatic N) is 4. The molecule has 1 aromatic heterocycles. The average Bonchev–Trinajstić information content (AvgIpc) is 2.73. The molecule has 1 fully saturated rings. The molecule has 1 amide bonds. The molecule has 2 heterocycles. The number of carbonyl (C=O) groups excluding carboxylic acids is 1. The first kappa shape index (κ1) is 19.7. The molecule has 0 unspecified atom stereocenters. The highest BCUT2D eigenvalue weighted by Gasteiger charge is 2.19. The number of hydrogen-bond acceptors (Lipinski definition) is 8. The average molecular weight is 387 g/mol. The van der Waals surface area contributed by atoms with Crippen molar-refractivity contribution < 1.29 is 19.0 Å². The van der Waals surface area contributed by atoms with E-state index in [4.69, 9.17) is 14.2 Å². The predicted molar refractivity (Wildman–Crippen MR) is 107 cm³/mol. The second-order valence-electron chi connectivity index (χ2n) is 6.43. The molecule has 0 bridgehead atoms. The monoisotopic (exact) mass is 387 g/mol. The van der Waals surface area contributed by atoms with Gasteiger partial charge in [0, 0.05) is 32.7 Å². The van der Waals surface area contributed by atoms with Gasteiger partial charge in [0.25, 0.3) is 5.91 Å². The fourth-order valence-electron chi connectivity index (χ4n) is 2.88. The van der Waals surface area contributed by atoms with Crippen LogP contribution in [0, 0.1) is 0 Å². The van der Waals surface area contributed by atoms with Crippen LogP contribution in [0.15, 0.2) is 24.4 Å². The van der Waals surface area contributed by atoms with Crippen molar-refractivity contribution in [2.75, 3.05) is 69.7 Å². The number of amides is 1. The van der Waals surface area contributed by atoms with Crippen molar-refractivity contribution in [1.82, 2.24) is 9.97 Å². The number of rotatable bonds is 6. The van der Waals surface area contributed by atoms with E-state index in [9.17, 15) is 4.79 Å². The molecule has 150 valence electrons. The van der Waals surface area contributed by atoms with Crippen LogP contribution < -0.4 is 24.6 Å². The van der Waals surface area contributed by atoms with Gasteiger partial charge in [-0.05, 0) is 18.2 Å². The van der Waals surface area contributed by atoms with Gasteiger partial charge >= 0.3 is 0 Å². The van der Waals surface area contributed by atoms with E-state index >= 15 is 0 Å². The number of carbonyl (C=O) groups is 1. The minimum Gasteiger partial charge on any atom is -0.493 e. The Balaban J connectivity index is 1.83. The highest BCUT2D eigenvalue weighted by Crippen LogP contribution is 2.29. The van der Waals surface area contributed by atoms with Crippen LogP contribution in [0.25, 0.3) is 0 Å². The lowest BCUT2D eigenvalue weighted by Gasteiger charge is -2.28. The summed E-state index contributed by atoms with van der Waals surface area (Å²) in [4.78, 5) is 25.7. The SMILES string of the molecule is COc1ccc(C(=O)Nc2cnc(N3CCOCC3)nc2N(C)C)cc1OC. The molecule has 2 aromatic rings. The number of nitrogens with one attached hydrogen (secondary N) is 1. The summed E-state index contributed by atoms with van der Waals surface area (Å²) in [5, 5.41) is 2.88. The molecule has 1 N–H and O–H groups in total. The Morgan fingerprint density at radius 1 is 1.18 bits per heavy atom. The number of aromatic nitrogens is 2. The number of benzene rings is 1. The fourth-order valence-corrected chi connectivity index (χ4v) is 2.88. The molecule has 0 spiro atoms. The lowest BCUT2D eigenvalue weighted by Crippen LogP contribution is -2.37. The largest absolute Gasteiger partial charge is 0.493 e. The Labute approximate surface area is 164 Å². The van der Waals surface area contributed by atoms with E-state index in [1.807, 2.05) is 19.0 Å². The van der Waals surface area contributed by atoms with Crippen LogP contribution in [0.3, 0.4) is 0 Å². The van der Waals surface area contributed by atoms with Crippen molar-refractivity contribution in [3.63, 3.8) is 0 Å². The van der Waals surface area contributed by atoms with Gasteiger partial charge in [-0.25, -0.2) is 4.98 Å². The van der Waals surface area contributed by atoms with Crippen LogP contribution in [0.5, 0.6) is 11.5 Å². The fraction of sp³-hybridized carbons (Fsp3) is 0.421. The molecule has 0 aliphatic carbocycles. The van der Waals surface area contributed by atoms with Crippen LogP contribution in [-0.4, -0.2) is 70.5 Å². The smallest absolute Gasteiger partial charge is 0.255 e. The summed E-state index contributed by atoms with van der Waals surface area (Å²) < 4.78 is 15.9. The molecule has 9 heteroatoms. The zero-order valence-electron chi connectivity index (χ0n) is 16.6. The molecule has 28 heavy (non-hydrogen) atoms. The molecular formula is C19H25N5O4. The van der Waals surface area contributed by atoms with Crippen molar-refractivity contribution in [2.45, 2.75) is 0 Å². The van der Waals surface area contributed by atoms with Crippen molar-refractivity contribution >= 4 is 23.4 Å². The highest BCUT2D eigenvalue weighted by atomic mass is 16.5. The predicted octanol–water partition coefficient (Wildman–Crippen LogP) is 1.65. The molecule has 1 aromatic carbocycles. The molecule has 0 radical (unpaired) electrons. The maximum absolute atomic E-state index is 12.7. The normalized spacial score (nSPS) is 13.8. The van der Waals surface area contributed by atoms with Crippen molar-refractivity contribution in [2.24, 2.45) is 0 Å². The second-order valence-corrected chi connectivity index (χ2v) is 6.43. The molecule has 9 nitrogen and oxygen atoms in total. The lowest BCUT2D eigenvalue weighted by molar-refractivity contribution is 0.102. The molecule has 1 aliphatic rings. The third-order valence-electron chi connectivity index (χ3n) is 4.37. The van der Waals surface area contributed by atoms with Crippen LogP contribution in [0.4, 0.5) is 17.5 Å².